The highest BCUT2D eigenvalue weighted by atomic mass is 79.9. The molecule has 1 aromatic rings. The van der Waals surface area contributed by atoms with Crippen molar-refractivity contribution in [2.75, 3.05) is 11.9 Å². The Morgan fingerprint density at radius 1 is 1.41 bits per heavy atom. The van der Waals surface area contributed by atoms with Crippen LogP contribution in [-0.2, 0) is 0 Å². The molecule has 1 aromatic heterocycles. The van der Waals surface area contributed by atoms with Crippen LogP contribution in [0.15, 0.2) is 16.7 Å². The van der Waals surface area contributed by atoms with Crippen LogP contribution in [0.4, 0.5) is 5.82 Å². The second kappa shape index (κ2) is 5.38. The van der Waals surface area contributed by atoms with Crippen LogP contribution in [0.3, 0.4) is 0 Å². The van der Waals surface area contributed by atoms with E-state index in [1.807, 2.05) is 6.20 Å². The van der Waals surface area contributed by atoms with Gasteiger partial charge in [-0.2, -0.15) is 0 Å². The van der Waals surface area contributed by atoms with Crippen LogP contribution in [0.1, 0.15) is 38.2 Å². The predicted molar refractivity (Wildman–Crippen MR) is 76.5 cm³/mol. The summed E-state index contributed by atoms with van der Waals surface area (Å²) in [5.41, 5.74) is 1.25. The van der Waals surface area contributed by atoms with Crippen LogP contribution in [0, 0.1) is 12.8 Å². The highest BCUT2D eigenvalue weighted by Crippen LogP contribution is 2.30. The predicted octanol–water partition coefficient (Wildman–Crippen LogP) is 4.17. The van der Waals surface area contributed by atoms with Crippen molar-refractivity contribution >= 4 is 21.7 Å². The first-order valence-corrected chi connectivity index (χ1v) is 7.22. The fourth-order valence-electron chi connectivity index (χ4n) is 2.83. The van der Waals surface area contributed by atoms with Gasteiger partial charge >= 0.3 is 0 Å². The Bertz CT molecular complexity index is 392. The summed E-state index contributed by atoms with van der Waals surface area (Å²) in [5, 5.41) is 0. The minimum atomic E-state index is 0.658. The standard InChI is InChI=1S/C14H21BrN2/c1-10-5-4-6-13(7-10)17(3)14-11(2)8-12(15)9-16-14/h8-10,13H,4-7H2,1-3H3. The van der Waals surface area contributed by atoms with Crippen LogP contribution < -0.4 is 4.90 Å². The number of hydrogen-bond acceptors (Lipinski definition) is 2. The highest BCUT2D eigenvalue weighted by Gasteiger charge is 2.23. The zero-order valence-corrected chi connectivity index (χ0v) is 12.5. The zero-order chi connectivity index (χ0) is 12.4. The molecule has 2 unspecified atom stereocenters. The van der Waals surface area contributed by atoms with E-state index in [1.54, 1.807) is 0 Å². The Hall–Kier alpha value is -0.570. The summed E-state index contributed by atoms with van der Waals surface area (Å²) < 4.78 is 1.06. The van der Waals surface area contributed by atoms with Gasteiger partial charge in [-0.25, -0.2) is 4.98 Å². The molecule has 1 aliphatic carbocycles. The monoisotopic (exact) mass is 296 g/mol. The maximum Gasteiger partial charge on any atom is 0.131 e. The van der Waals surface area contributed by atoms with Gasteiger partial charge in [-0.05, 0) is 53.2 Å². The Morgan fingerprint density at radius 3 is 2.82 bits per heavy atom. The van der Waals surface area contributed by atoms with Crippen molar-refractivity contribution in [3.63, 3.8) is 0 Å². The summed E-state index contributed by atoms with van der Waals surface area (Å²) in [7, 11) is 2.19. The van der Waals surface area contributed by atoms with Crippen LogP contribution >= 0.6 is 15.9 Å². The largest absolute Gasteiger partial charge is 0.356 e. The zero-order valence-electron chi connectivity index (χ0n) is 10.9. The Labute approximate surface area is 113 Å². The lowest BCUT2D eigenvalue weighted by molar-refractivity contribution is 0.335. The number of halogens is 1. The number of aromatic nitrogens is 1. The van der Waals surface area contributed by atoms with E-state index in [4.69, 9.17) is 0 Å². The molecule has 1 fully saturated rings. The quantitative estimate of drug-likeness (QED) is 0.814. The number of anilines is 1. The minimum absolute atomic E-state index is 0.658. The van der Waals surface area contributed by atoms with Gasteiger partial charge < -0.3 is 4.90 Å². The van der Waals surface area contributed by atoms with Crippen LogP contribution in [0.25, 0.3) is 0 Å². The highest BCUT2D eigenvalue weighted by molar-refractivity contribution is 9.10. The van der Waals surface area contributed by atoms with Gasteiger partial charge in [-0.1, -0.05) is 19.8 Å². The Balaban J connectivity index is 2.15. The molecular formula is C14H21BrN2. The van der Waals surface area contributed by atoms with Crippen molar-refractivity contribution in [1.29, 1.82) is 0 Å². The lowest BCUT2D eigenvalue weighted by Gasteiger charge is -2.35. The first-order chi connectivity index (χ1) is 8.08. The molecule has 2 rings (SSSR count). The number of rotatable bonds is 2. The molecule has 1 aliphatic rings. The van der Waals surface area contributed by atoms with Crippen molar-refractivity contribution in [2.45, 2.75) is 45.6 Å². The van der Waals surface area contributed by atoms with E-state index < -0.39 is 0 Å². The van der Waals surface area contributed by atoms with Gasteiger partial charge in [0.15, 0.2) is 0 Å². The normalized spacial score (nSPS) is 24.7. The van der Waals surface area contributed by atoms with Gasteiger partial charge in [0.2, 0.25) is 0 Å². The van der Waals surface area contributed by atoms with Gasteiger partial charge in [-0.15, -0.1) is 0 Å². The van der Waals surface area contributed by atoms with Crippen molar-refractivity contribution in [2.24, 2.45) is 5.92 Å². The topological polar surface area (TPSA) is 16.1 Å². The first kappa shape index (κ1) is 12.9. The molecule has 0 N–H and O–H groups in total. The number of nitrogens with zero attached hydrogens (tertiary/aromatic N) is 2. The molecule has 0 amide bonds. The smallest absolute Gasteiger partial charge is 0.131 e. The molecule has 0 spiro atoms. The molecule has 0 radical (unpaired) electrons. The summed E-state index contributed by atoms with van der Waals surface area (Å²) in [6.07, 6.45) is 7.24. The average molecular weight is 297 g/mol. The second-order valence-electron chi connectivity index (χ2n) is 5.33. The van der Waals surface area contributed by atoms with Crippen LogP contribution in [-0.4, -0.2) is 18.1 Å². The number of pyridine rings is 1. The third kappa shape index (κ3) is 3.01. The maximum atomic E-state index is 4.56. The van der Waals surface area contributed by atoms with E-state index in [9.17, 15) is 0 Å². The molecule has 17 heavy (non-hydrogen) atoms. The molecule has 0 aromatic carbocycles. The molecular weight excluding hydrogens is 276 g/mol. The fourth-order valence-corrected chi connectivity index (χ4v) is 3.28. The summed E-state index contributed by atoms with van der Waals surface area (Å²) in [5.74, 6) is 1.99. The first-order valence-electron chi connectivity index (χ1n) is 6.43. The maximum absolute atomic E-state index is 4.56. The minimum Gasteiger partial charge on any atom is -0.356 e. The lowest BCUT2D eigenvalue weighted by Crippen LogP contribution is -2.36. The van der Waals surface area contributed by atoms with Crippen molar-refractivity contribution in [1.82, 2.24) is 4.98 Å². The number of aryl methyl sites for hydroxylation is 1. The van der Waals surface area contributed by atoms with E-state index in [1.165, 1.54) is 31.2 Å². The van der Waals surface area contributed by atoms with Crippen LogP contribution in [0.2, 0.25) is 0 Å². The van der Waals surface area contributed by atoms with E-state index in [0.29, 0.717) is 6.04 Å². The van der Waals surface area contributed by atoms with Crippen LogP contribution in [0.5, 0.6) is 0 Å². The average Bonchev–Trinajstić information content (AvgIpc) is 2.28. The van der Waals surface area contributed by atoms with E-state index >= 15 is 0 Å². The summed E-state index contributed by atoms with van der Waals surface area (Å²) in [6, 6.07) is 2.80. The molecule has 3 heteroatoms. The van der Waals surface area contributed by atoms with Gasteiger partial charge in [0.05, 0.1) is 0 Å². The Morgan fingerprint density at radius 2 is 2.18 bits per heavy atom. The van der Waals surface area contributed by atoms with Gasteiger partial charge in [0, 0.05) is 23.8 Å². The van der Waals surface area contributed by atoms with E-state index in [0.717, 1.165) is 16.2 Å². The Kier molecular flexibility index (Phi) is 4.08. The molecule has 2 atom stereocenters. The second-order valence-corrected chi connectivity index (χ2v) is 6.25. The molecule has 0 bridgehead atoms. The SMILES string of the molecule is Cc1cc(Br)cnc1N(C)C1CCCC(C)C1. The van der Waals surface area contributed by atoms with E-state index in [-0.39, 0.29) is 0 Å². The third-order valence-electron chi connectivity index (χ3n) is 3.81. The van der Waals surface area contributed by atoms with Crippen molar-refractivity contribution in [3.05, 3.63) is 22.3 Å². The third-order valence-corrected chi connectivity index (χ3v) is 4.24. The molecule has 2 nitrogen and oxygen atoms in total. The van der Waals surface area contributed by atoms with Crippen molar-refractivity contribution in [3.8, 4) is 0 Å². The van der Waals surface area contributed by atoms with Gasteiger partial charge in [0.1, 0.15) is 5.82 Å². The summed E-state index contributed by atoms with van der Waals surface area (Å²) in [4.78, 5) is 6.93. The van der Waals surface area contributed by atoms with Gasteiger partial charge in [-0.3, -0.25) is 0 Å². The van der Waals surface area contributed by atoms with Gasteiger partial charge in [0.25, 0.3) is 0 Å². The molecule has 1 saturated carbocycles. The summed E-state index contributed by atoms with van der Waals surface area (Å²) >= 11 is 3.47. The molecule has 0 aliphatic heterocycles. The van der Waals surface area contributed by atoms with E-state index in [2.05, 4.69) is 52.8 Å². The molecule has 1 heterocycles. The molecule has 0 saturated heterocycles. The number of hydrogen-bond donors (Lipinski definition) is 0. The van der Waals surface area contributed by atoms with Crippen molar-refractivity contribution < 1.29 is 0 Å². The molecule has 94 valence electrons. The lowest BCUT2D eigenvalue weighted by atomic mass is 9.86. The fraction of sp³-hybridized carbons (Fsp3) is 0.643. The summed E-state index contributed by atoms with van der Waals surface area (Å²) in [6.45, 7) is 4.50.